The van der Waals surface area contributed by atoms with Gasteiger partial charge in [-0.1, -0.05) is 28.1 Å². The summed E-state index contributed by atoms with van der Waals surface area (Å²) in [4.78, 5) is 22.3. The van der Waals surface area contributed by atoms with E-state index < -0.39 is 5.97 Å². The molecule has 0 aromatic heterocycles. The number of hydrogen-bond donors (Lipinski definition) is 1. The van der Waals surface area contributed by atoms with E-state index in [1.165, 1.54) is 7.11 Å². The molecule has 0 radical (unpaired) electrons. The number of halogens is 1. The predicted molar refractivity (Wildman–Crippen MR) is 63.4 cm³/mol. The summed E-state index contributed by atoms with van der Waals surface area (Å²) >= 11 is 3.32. The van der Waals surface area contributed by atoms with E-state index in [0.717, 1.165) is 10.9 Å². The first-order valence-corrected chi connectivity index (χ1v) is 5.79. The maximum Gasteiger partial charge on any atom is 0.325 e. The minimum atomic E-state index is -0.467. The second kappa shape index (κ2) is 6.27. The van der Waals surface area contributed by atoms with Crippen molar-refractivity contribution in [3.8, 4) is 0 Å². The molecule has 86 valence electrons. The second-order valence-electron chi connectivity index (χ2n) is 3.09. The highest BCUT2D eigenvalue weighted by Gasteiger charge is 2.07. The summed E-state index contributed by atoms with van der Waals surface area (Å²) in [5, 5.41) is 3.21. The molecule has 0 aliphatic heterocycles. The van der Waals surface area contributed by atoms with Crippen molar-refractivity contribution in [1.82, 2.24) is 5.32 Å². The maximum atomic E-state index is 11.5. The molecule has 0 atom stereocenters. The average Bonchev–Trinajstić information content (AvgIpc) is 2.35. The van der Waals surface area contributed by atoms with Gasteiger partial charge in [-0.05, 0) is 17.7 Å². The number of alkyl halides is 1. The molecule has 16 heavy (non-hydrogen) atoms. The zero-order chi connectivity index (χ0) is 12.0. The molecule has 0 unspecified atom stereocenters. The first-order valence-electron chi connectivity index (χ1n) is 4.67. The number of carbonyl (C=O) groups is 2. The van der Waals surface area contributed by atoms with Crippen molar-refractivity contribution in [2.24, 2.45) is 0 Å². The van der Waals surface area contributed by atoms with Crippen molar-refractivity contribution in [2.75, 3.05) is 13.7 Å². The summed E-state index contributed by atoms with van der Waals surface area (Å²) in [5.41, 5.74) is 1.61. The summed E-state index contributed by atoms with van der Waals surface area (Å²) < 4.78 is 4.41. The molecule has 0 saturated carbocycles. The maximum absolute atomic E-state index is 11.5. The lowest BCUT2D eigenvalue weighted by Gasteiger charge is -2.04. The SMILES string of the molecule is COC(=O)CNC(=O)c1ccc(CBr)cc1. The lowest BCUT2D eigenvalue weighted by molar-refractivity contribution is -0.139. The highest BCUT2D eigenvalue weighted by molar-refractivity contribution is 9.08. The van der Waals surface area contributed by atoms with E-state index in [1.807, 2.05) is 12.1 Å². The van der Waals surface area contributed by atoms with Crippen LogP contribution in [0.5, 0.6) is 0 Å². The molecule has 1 rings (SSSR count). The summed E-state index contributed by atoms with van der Waals surface area (Å²) in [7, 11) is 1.28. The number of esters is 1. The van der Waals surface area contributed by atoms with Crippen LogP contribution in [-0.4, -0.2) is 25.5 Å². The van der Waals surface area contributed by atoms with E-state index in [2.05, 4.69) is 26.0 Å². The lowest BCUT2D eigenvalue weighted by atomic mass is 10.1. The van der Waals surface area contributed by atoms with Crippen molar-refractivity contribution in [2.45, 2.75) is 5.33 Å². The van der Waals surface area contributed by atoms with Crippen molar-refractivity contribution < 1.29 is 14.3 Å². The number of amides is 1. The normalized spacial score (nSPS) is 9.62. The molecule has 4 nitrogen and oxygen atoms in total. The Labute approximate surface area is 102 Å². The largest absolute Gasteiger partial charge is 0.468 e. The number of carbonyl (C=O) groups excluding carboxylic acids is 2. The van der Waals surface area contributed by atoms with Crippen LogP contribution in [0, 0.1) is 0 Å². The van der Waals surface area contributed by atoms with E-state index >= 15 is 0 Å². The number of ether oxygens (including phenoxy) is 1. The van der Waals surface area contributed by atoms with Crippen LogP contribution in [0.15, 0.2) is 24.3 Å². The van der Waals surface area contributed by atoms with Gasteiger partial charge in [0.15, 0.2) is 0 Å². The molecular weight excluding hydrogens is 274 g/mol. The Hall–Kier alpha value is -1.36. The van der Waals surface area contributed by atoms with Crippen LogP contribution in [0.4, 0.5) is 0 Å². The van der Waals surface area contributed by atoms with Gasteiger partial charge in [0.25, 0.3) is 5.91 Å². The van der Waals surface area contributed by atoms with E-state index in [9.17, 15) is 9.59 Å². The highest BCUT2D eigenvalue weighted by atomic mass is 79.9. The summed E-state index contributed by atoms with van der Waals surface area (Å²) in [5.74, 6) is -0.753. The monoisotopic (exact) mass is 285 g/mol. The molecule has 0 fully saturated rings. The molecule has 0 heterocycles. The van der Waals surface area contributed by atoms with Gasteiger partial charge >= 0.3 is 5.97 Å². The van der Waals surface area contributed by atoms with Gasteiger partial charge in [0.2, 0.25) is 0 Å². The van der Waals surface area contributed by atoms with Gasteiger partial charge in [-0.2, -0.15) is 0 Å². The molecule has 0 aliphatic rings. The van der Waals surface area contributed by atoms with E-state index in [4.69, 9.17) is 0 Å². The number of nitrogens with one attached hydrogen (secondary N) is 1. The van der Waals surface area contributed by atoms with E-state index in [0.29, 0.717) is 5.56 Å². The van der Waals surface area contributed by atoms with E-state index in [-0.39, 0.29) is 12.5 Å². The fourth-order valence-electron chi connectivity index (χ4n) is 1.07. The van der Waals surface area contributed by atoms with Crippen LogP contribution in [0.2, 0.25) is 0 Å². The molecule has 0 aliphatic carbocycles. The summed E-state index contributed by atoms with van der Waals surface area (Å²) in [6.45, 7) is -0.116. The number of rotatable bonds is 4. The van der Waals surface area contributed by atoms with Crippen molar-refractivity contribution in [3.63, 3.8) is 0 Å². The van der Waals surface area contributed by atoms with E-state index in [1.54, 1.807) is 12.1 Å². The van der Waals surface area contributed by atoms with Crippen LogP contribution >= 0.6 is 15.9 Å². The quantitative estimate of drug-likeness (QED) is 0.674. The fourth-order valence-corrected chi connectivity index (χ4v) is 1.45. The smallest absolute Gasteiger partial charge is 0.325 e. The van der Waals surface area contributed by atoms with Gasteiger partial charge < -0.3 is 10.1 Å². The Morgan fingerprint density at radius 2 is 1.94 bits per heavy atom. The lowest BCUT2D eigenvalue weighted by Crippen LogP contribution is -2.30. The number of methoxy groups -OCH3 is 1. The highest BCUT2D eigenvalue weighted by Crippen LogP contribution is 2.07. The van der Waals surface area contributed by atoms with Crippen molar-refractivity contribution in [3.05, 3.63) is 35.4 Å². The number of benzene rings is 1. The third-order valence-electron chi connectivity index (χ3n) is 1.99. The Kier molecular flexibility index (Phi) is 4.98. The molecule has 1 aromatic carbocycles. The van der Waals surface area contributed by atoms with Gasteiger partial charge in [-0.25, -0.2) is 0 Å². The standard InChI is InChI=1S/C11H12BrNO3/c1-16-10(14)7-13-11(15)9-4-2-8(6-12)3-5-9/h2-5H,6-7H2,1H3,(H,13,15). The third kappa shape index (κ3) is 3.66. The van der Waals surface area contributed by atoms with Crippen LogP contribution < -0.4 is 5.32 Å². The minimum Gasteiger partial charge on any atom is -0.468 e. The third-order valence-corrected chi connectivity index (χ3v) is 2.64. The Bertz CT molecular complexity index is 375. The van der Waals surface area contributed by atoms with Gasteiger partial charge in [0.05, 0.1) is 7.11 Å². The zero-order valence-corrected chi connectivity index (χ0v) is 10.4. The molecule has 0 saturated heterocycles. The second-order valence-corrected chi connectivity index (χ2v) is 3.65. The molecule has 0 spiro atoms. The molecule has 5 heteroatoms. The average molecular weight is 286 g/mol. The fraction of sp³-hybridized carbons (Fsp3) is 0.273. The zero-order valence-electron chi connectivity index (χ0n) is 8.83. The molecule has 1 aromatic rings. The van der Waals surface area contributed by atoms with Gasteiger partial charge in [0.1, 0.15) is 6.54 Å². The Morgan fingerprint density at radius 1 is 1.31 bits per heavy atom. The predicted octanol–water partition coefficient (Wildman–Crippen LogP) is 1.48. The van der Waals surface area contributed by atoms with Crippen LogP contribution in [0.1, 0.15) is 15.9 Å². The first-order chi connectivity index (χ1) is 7.67. The summed E-state index contributed by atoms with van der Waals surface area (Å²) in [6, 6.07) is 7.12. The molecule has 1 N–H and O–H groups in total. The summed E-state index contributed by atoms with van der Waals surface area (Å²) in [6.07, 6.45) is 0. The van der Waals surface area contributed by atoms with Crippen LogP contribution in [0.25, 0.3) is 0 Å². The van der Waals surface area contributed by atoms with Gasteiger partial charge in [-0.3, -0.25) is 9.59 Å². The molecular formula is C11H12BrNO3. The van der Waals surface area contributed by atoms with Gasteiger partial charge in [0, 0.05) is 10.9 Å². The Morgan fingerprint density at radius 3 is 2.44 bits per heavy atom. The topological polar surface area (TPSA) is 55.4 Å². The van der Waals surface area contributed by atoms with Crippen LogP contribution in [-0.2, 0) is 14.9 Å². The van der Waals surface area contributed by atoms with Crippen molar-refractivity contribution >= 4 is 27.8 Å². The Balaban J connectivity index is 2.56. The van der Waals surface area contributed by atoms with Crippen molar-refractivity contribution in [1.29, 1.82) is 0 Å². The number of hydrogen-bond acceptors (Lipinski definition) is 3. The minimum absolute atomic E-state index is 0.116. The molecule has 1 amide bonds. The molecule has 0 bridgehead atoms. The first kappa shape index (κ1) is 12.7. The van der Waals surface area contributed by atoms with Crippen LogP contribution in [0.3, 0.4) is 0 Å². The van der Waals surface area contributed by atoms with Gasteiger partial charge in [-0.15, -0.1) is 0 Å².